The van der Waals surface area contributed by atoms with Gasteiger partial charge in [0.1, 0.15) is 5.65 Å². The van der Waals surface area contributed by atoms with Gasteiger partial charge in [-0.15, -0.1) is 0 Å². The Balaban J connectivity index is 1.58. The molecule has 4 heteroatoms. The molecule has 2 aliphatic heterocycles. The molecule has 0 amide bonds. The minimum absolute atomic E-state index is 0.412. The highest BCUT2D eigenvalue weighted by atomic mass is 15.2. The Morgan fingerprint density at radius 3 is 2.74 bits per heavy atom. The van der Waals surface area contributed by atoms with Gasteiger partial charge < -0.3 is 10.1 Å². The molecule has 0 spiro atoms. The van der Waals surface area contributed by atoms with Gasteiger partial charge in [0, 0.05) is 37.1 Å². The van der Waals surface area contributed by atoms with E-state index in [4.69, 9.17) is 10.7 Å². The number of piperidine rings is 1. The first-order chi connectivity index (χ1) is 9.29. The summed E-state index contributed by atoms with van der Waals surface area (Å²) < 4.78 is 2.10. The molecule has 0 radical (unpaired) electrons. The maximum Gasteiger partial charge on any atom is 0.137 e. The molecule has 2 N–H and O–H groups in total. The number of hydrogen-bond acceptors (Lipinski definition) is 3. The molecule has 2 aromatic heterocycles. The molecule has 4 nitrogen and oxygen atoms in total. The zero-order valence-electron chi connectivity index (χ0n) is 11.1. The van der Waals surface area contributed by atoms with Crippen LogP contribution in [0.1, 0.15) is 31.4 Å². The van der Waals surface area contributed by atoms with Gasteiger partial charge in [-0.3, -0.25) is 4.90 Å². The Morgan fingerprint density at radius 2 is 2.00 bits per heavy atom. The second-order valence-electron chi connectivity index (χ2n) is 5.99. The van der Waals surface area contributed by atoms with Crippen LogP contribution in [0.5, 0.6) is 0 Å². The molecule has 0 aliphatic carbocycles. The van der Waals surface area contributed by atoms with Crippen molar-refractivity contribution in [1.29, 1.82) is 0 Å². The lowest BCUT2D eigenvalue weighted by Gasteiger charge is -2.37. The molecule has 100 valence electrons. The van der Waals surface area contributed by atoms with E-state index in [0.717, 1.165) is 25.0 Å². The van der Waals surface area contributed by atoms with E-state index in [0.29, 0.717) is 18.1 Å². The van der Waals surface area contributed by atoms with E-state index in [1.54, 1.807) is 0 Å². The molecule has 2 aliphatic rings. The number of hydrogen-bond donors (Lipinski definition) is 1. The van der Waals surface area contributed by atoms with E-state index in [1.807, 2.05) is 12.1 Å². The summed E-state index contributed by atoms with van der Waals surface area (Å²) in [6.45, 7) is 0.976. The van der Waals surface area contributed by atoms with E-state index < -0.39 is 0 Å². The van der Waals surface area contributed by atoms with Crippen molar-refractivity contribution in [3.05, 3.63) is 36.3 Å². The largest absolute Gasteiger partial charge is 0.328 e. The highest BCUT2D eigenvalue weighted by molar-refractivity contribution is 5.39. The van der Waals surface area contributed by atoms with Gasteiger partial charge in [-0.2, -0.15) is 0 Å². The van der Waals surface area contributed by atoms with Crippen molar-refractivity contribution in [3.63, 3.8) is 0 Å². The van der Waals surface area contributed by atoms with E-state index in [1.165, 1.54) is 18.5 Å². The molecular formula is C15H20N4. The van der Waals surface area contributed by atoms with Crippen LogP contribution in [0.4, 0.5) is 0 Å². The SMILES string of the molecule is NC1CC2CCC(C1)N2Cc1cn2ccccc2n1. The molecule has 2 fully saturated rings. The maximum absolute atomic E-state index is 6.13. The van der Waals surface area contributed by atoms with E-state index in [-0.39, 0.29) is 0 Å². The minimum atomic E-state index is 0.412. The van der Waals surface area contributed by atoms with Crippen LogP contribution in [0, 0.1) is 0 Å². The van der Waals surface area contributed by atoms with Crippen LogP contribution in [0.25, 0.3) is 5.65 Å². The topological polar surface area (TPSA) is 46.6 Å². The summed E-state index contributed by atoms with van der Waals surface area (Å²) in [6.07, 6.45) is 9.15. The highest BCUT2D eigenvalue weighted by Gasteiger charge is 2.39. The lowest BCUT2D eigenvalue weighted by atomic mass is 9.98. The summed E-state index contributed by atoms with van der Waals surface area (Å²) >= 11 is 0. The molecule has 2 atom stereocenters. The third-order valence-electron chi connectivity index (χ3n) is 4.68. The Bertz CT molecular complexity index is 544. The lowest BCUT2D eigenvalue weighted by molar-refractivity contribution is 0.118. The molecule has 4 rings (SSSR count). The number of aromatic nitrogens is 2. The van der Waals surface area contributed by atoms with Crippen LogP contribution in [0.2, 0.25) is 0 Å². The molecule has 2 unspecified atom stereocenters. The number of nitrogens with zero attached hydrogens (tertiary/aromatic N) is 3. The van der Waals surface area contributed by atoms with Gasteiger partial charge in [-0.25, -0.2) is 4.98 Å². The van der Waals surface area contributed by atoms with E-state index in [9.17, 15) is 0 Å². The predicted octanol–water partition coefficient (Wildman–Crippen LogP) is 1.79. The van der Waals surface area contributed by atoms with Gasteiger partial charge in [0.25, 0.3) is 0 Å². The summed E-state index contributed by atoms with van der Waals surface area (Å²) in [7, 11) is 0. The smallest absolute Gasteiger partial charge is 0.137 e. The van der Waals surface area contributed by atoms with Crippen molar-refractivity contribution >= 4 is 5.65 Å². The fraction of sp³-hybridized carbons (Fsp3) is 0.533. The second kappa shape index (κ2) is 4.32. The Morgan fingerprint density at radius 1 is 1.21 bits per heavy atom. The monoisotopic (exact) mass is 256 g/mol. The zero-order chi connectivity index (χ0) is 12.8. The van der Waals surface area contributed by atoms with Crippen LogP contribution in [-0.4, -0.2) is 32.4 Å². The molecule has 2 aromatic rings. The average Bonchev–Trinajstić information content (AvgIpc) is 2.90. The third-order valence-corrected chi connectivity index (χ3v) is 4.68. The minimum Gasteiger partial charge on any atom is -0.328 e. The molecule has 2 saturated heterocycles. The quantitative estimate of drug-likeness (QED) is 0.891. The molecular weight excluding hydrogens is 236 g/mol. The van der Waals surface area contributed by atoms with Crippen LogP contribution < -0.4 is 5.73 Å². The van der Waals surface area contributed by atoms with E-state index in [2.05, 4.69) is 27.8 Å². The van der Waals surface area contributed by atoms with Gasteiger partial charge in [0.05, 0.1) is 5.69 Å². The first kappa shape index (κ1) is 11.4. The number of nitrogens with two attached hydrogens (primary N) is 1. The summed E-state index contributed by atoms with van der Waals surface area (Å²) in [5.41, 5.74) is 8.35. The van der Waals surface area contributed by atoms with Crippen LogP contribution in [0.15, 0.2) is 30.6 Å². The summed E-state index contributed by atoms with van der Waals surface area (Å²) in [5, 5.41) is 0. The Labute approximate surface area is 113 Å². The van der Waals surface area contributed by atoms with Crippen LogP contribution >= 0.6 is 0 Å². The number of rotatable bonds is 2. The third kappa shape index (κ3) is 1.95. The van der Waals surface area contributed by atoms with Crippen molar-refractivity contribution in [3.8, 4) is 0 Å². The summed E-state index contributed by atoms with van der Waals surface area (Å²) in [4.78, 5) is 7.34. The molecule has 2 bridgehead atoms. The summed E-state index contributed by atoms with van der Waals surface area (Å²) in [5.74, 6) is 0. The van der Waals surface area contributed by atoms with Crippen molar-refractivity contribution < 1.29 is 0 Å². The van der Waals surface area contributed by atoms with E-state index >= 15 is 0 Å². The number of imidazole rings is 1. The van der Waals surface area contributed by atoms with Gasteiger partial charge in [-0.1, -0.05) is 6.07 Å². The summed E-state index contributed by atoms with van der Waals surface area (Å²) in [6, 6.07) is 7.91. The molecule has 0 saturated carbocycles. The molecule has 4 heterocycles. The average molecular weight is 256 g/mol. The highest BCUT2D eigenvalue weighted by Crippen LogP contribution is 2.35. The van der Waals surface area contributed by atoms with Crippen molar-refractivity contribution in [2.75, 3.05) is 0 Å². The molecule has 19 heavy (non-hydrogen) atoms. The number of pyridine rings is 1. The standard InChI is InChI=1S/C15H20N4/c16-11-7-13-4-5-14(8-11)19(13)10-12-9-18-6-2-1-3-15(18)17-12/h1-3,6,9,11,13-14H,4-5,7-8,10,16H2. The van der Waals surface area contributed by atoms with Crippen molar-refractivity contribution in [2.45, 2.75) is 50.4 Å². The number of fused-ring (bicyclic) bond motifs is 3. The fourth-order valence-electron chi connectivity index (χ4n) is 3.82. The fourth-order valence-corrected chi connectivity index (χ4v) is 3.82. The maximum atomic E-state index is 6.13. The lowest BCUT2D eigenvalue weighted by Crippen LogP contribution is -2.46. The van der Waals surface area contributed by atoms with Gasteiger partial charge >= 0.3 is 0 Å². The van der Waals surface area contributed by atoms with Crippen LogP contribution in [-0.2, 0) is 6.54 Å². The zero-order valence-corrected chi connectivity index (χ0v) is 11.1. The molecule has 0 aromatic carbocycles. The Hall–Kier alpha value is -1.39. The Kier molecular flexibility index (Phi) is 2.60. The van der Waals surface area contributed by atoms with Gasteiger partial charge in [0.15, 0.2) is 0 Å². The predicted molar refractivity (Wildman–Crippen MR) is 74.8 cm³/mol. The first-order valence-corrected chi connectivity index (χ1v) is 7.23. The van der Waals surface area contributed by atoms with Crippen LogP contribution in [0.3, 0.4) is 0 Å². The van der Waals surface area contributed by atoms with Gasteiger partial charge in [0.2, 0.25) is 0 Å². The van der Waals surface area contributed by atoms with Crippen molar-refractivity contribution in [1.82, 2.24) is 14.3 Å². The normalized spacial score (nSPS) is 31.1. The van der Waals surface area contributed by atoms with Crippen molar-refractivity contribution in [2.24, 2.45) is 5.73 Å². The second-order valence-corrected chi connectivity index (χ2v) is 5.99. The van der Waals surface area contributed by atoms with Gasteiger partial charge in [-0.05, 0) is 37.8 Å². The first-order valence-electron chi connectivity index (χ1n) is 7.23.